The lowest BCUT2D eigenvalue weighted by molar-refractivity contribution is -0.131. The minimum Gasteiger partial charge on any atom is -0.352 e. The molecule has 0 unspecified atom stereocenters. The zero-order valence-corrected chi connectivity index (χ0v) is 13.2. The second-order valence-corrected chi connectivity index (χ2v) is 7.63. The van der Waals surface area contributed by atoms with Crippen molar-refractivity contribution in [2.45, 2.75) is 59.4 Å². The molecule has 0 spiro atoms. The van der Waals surface area contributed by atoms with Crippen LogP contribution < -0.4 is 10.6 Å². The predicted octanol–water partition coefficient (Wildman–Crippen LogP) is 2.09. The second kappa shape index (κ2) is 5.74. The summed E-state index contributed by atoms with van der Waals surface area (Å²) in [4.78, 5) is 23.6. The van der Waals surface area contributed by atoms with E-state index < -0.39 is 5.41 Å². The smallest absolute Gasteiger partial charge is 0.239 e. The van der Waals surface area contributed by atoms with Gasteiger partial charge in [-0.1, -0.05) is 27.2 Å². The van der Waals surface area contributed by atoms with Gasteiger partial charge in [-0.25, -0.2) is 0 Å². The fourth-order valence-electron chi connectivity index (χ4n) is 3.74. The molecule has 4 nitrogen and oxygen atoms in total. The number of hydrogen-bond acceptors (Lipinski definition) is 2. The highest BCUT2D eigenvalue weighted by Crippen LogP contribution is 2.49. The molecular weight excluding hydrogens is 252 g/mol. The van der Waals surface area contributed by atoms with E-state index in [1.54, 1.807) is 0 Å². The van der Waals surface area contributed by atoms with E-state index >= 15 is 0 Å². The fourth-order valence-corrected chi connectivity index (χ4v) is 3.74. The largest absolute Gasteiger partial charge is 0.352 e. The third kappa shape index (κ3) is 3.53. The molecule has 0 radical (unpaired) electrons. The van der Waals surface area contributed by atoms with Gasteiger partial charge >= 0.3 is 0 Å². The second-order valence-electron chi connectivity index (χ2n) is 7.63. The fraction of sp³-hybridized carbons (Fsp3) is 0.875. The number of rotatable bonds is 4. The average molecular weight is 280 g/mol. The molecule has 0 aromatic heterocycles. The van der Waals surface area contributed by atoms with Gasteiger partial charge in [-0.3, -0.25) is 9.59 Å². The molecular formula is C16H28N2O2. The number of hydrogen-bond donors (Lipinski definition) is 2. The molecule has 114 valence electrons. The molecule has 2 saturated carbocycles. The predicted molar refractivity (Wildman–Crippen MR) is 79.0 cm³/mol. The highest BCUT2D eigenvalue weighted by molar-refractivity contribution is 5.87. The topological polar surface area (TPSA) is 58.2 Å². The Hall–Kier alpha value is -1.06. The summed E-state index contributed by atoms with van der Waals surface area (Å²) in [6, 6.07) is 0.226. The molecule has 4 heteroatoms. The van der Waals surface area contributed by atoms with Gasteiger partial charge in [-0.05, 0) is 43.9 Å². The van der Waals surface area contributed by atoms with Crippen LogP contribution in [0.2, 0.25) is 0 Å². The first-order valence-corrected chi connectivity index (χ1v) is 7.85. The van der Waals surface area contributed by atoms with Gasteiger partial charge < -0.3 is 10.6 Å². The van der Waals surface area contributed by atoms with Gasteiger partial charge in [0.25, 0.3) is 0 Å². The number of fused-ring (bicyclic) bond motifs is 2. The van der Waals surface area contributed by atoms with Crippen molar-refractivity contribution in [2.24, 2.45) is 23.2 Å². The number of amides is 2. The van der Waals surface area contributed by atoms with E-state index in [0.29, 0.717) is 5.92 Å². The van der Waals surface area contributed by atoms with Crippen molar-refractivity contribution in [2.75, 3.05) is 6.54 Å². The van der Waals surface area contributed by atoms with Gasteiger partial charge in [-0.2, -0.15) is 0 Å². The van der Waals surface area contributed by atoms with Crippen LogP contribution in [0.3, 0.4) is 0 Å². The zero-order chi connectivity index (χ0) is 14.9. The summed E-state index contributed by atoms with van der Waals surface area (Å²) in [5.74, 6) is 2.18. The molecule has 20 heavy (non-hydrogen) atoms. The van der Waals surface area contributed by atoms with Crippen LogP contribution in [0.25, 0.3) is 0 Å². The summed E-state index contributed by atoms with van der Waals surface area (Å²) in [6.45, 7) is 7.73. The van der Waals surface area contributed by atoms with Crippen molar-refractivity contribution in [3.05, 3.63) is 0 Å². The van der Waals surface area contributed by atoms with Gasteiger partial charge in [-0.15, -0.1) is 0 Å². The summed E-state index contributed by atoms with van der Waals surface area (Å²) in [7, 11) is 0. The number of carbonyl (C=O) groups is 2. The van der Waals surface area contributed by atoms with E-state index in [1.807, 2.05) is 20.8 Å². The van der Waals surface area contributed by atoms with Crippen molar-refractivity contribution in [3.8, 4) is 0 Å². The van der Waals surface area contributed by atoms with Gasteiger partial charge in [0, 0.05) is 11.5 Å². The van der Waals surface area contributed by atoms with Crippen molar-refractivity contribution in [3.63, 3.8) is 0 Å². The maximum Gasteiger partial charge on any atom is 0.239 e. The maximum absolute atomic E-state index is 11.9. The Balaban J connectivity index is 1.73. The zero-order valence-electron chi connectivity index (χ0n) is 13.2. The highest BCUT2D eigenvalue weighted by Gasteiger charge is 2.42. The van der Waals surface area contributed by atoms with Gasteiger partial charge in [0.15, 0.2) is 0 Å². The molecule has 4 atom stereocenters. The Kier molecular flexibility index (Phi) is 4.40. The van der Waals surface area contributed by atoms with Crippen LogP contribution in [0.4, 0.5) is 0 Å². The normalized spacial score (nSPS) is 30.1. The van der Waals surface area contributed by atoms with Gasteiger partial charge in [0.05, 0.1) is 6.54 Å². The molecule has 0 aromatic carbocycles. The molecule has 2 aliphatic carbocycles. The average Bonchev–Trinajstić information content (AvgIpc) is 2.96. The van der Waals surface area contributed by atoms with Gasteiger partial charge in [0.1, 0.15) is 0 Å². The van der Waals surface area contributed by atoms with Crippen LogP contribution in [0.5, 0.6) is 0 Å². The SMILES string of the molecule is C[C@H](NC(=O)CNC(=O)C(C)(C)C)[C@H]1C[C@H]2CC[C@H]1C2. The number of carbonyl (C=O) groups excluding carboxylic acids is 2. The quantitative estimate of drug-likeness (QED) is 0.828. The lowest BCUT2D eigenvalue weighted by atomic mass is 9.84. The third-order valence-electron chi connectivity index (χ3n) is 4.91. The van der Waals surface area contributed by atoms with Gasteiger partial charge in [0.2, 0.25) is 11.8 Å². The van der Waals surface area contributed by atoms with E-state index in [-0.39, 0.29) is 24.4 Å². The van der Waals surface area contributed by atoms with Crippen LogP contribution in [-0.4, -0.2) is 24.4 Å². The molecule has 2 amide bonds. The van der Waals surface area contributed by atoms with Crippen LogP contribution in [0, 0.1) is 23.2 Å². The summed E-state index contributed by atoms with van der Waals surface area (Å²) < 4.78 is 0. The lowest BCUT2D eigenvalue weighted by Crippen LogP contribution is -2.46. The third-order valence-corrected chi connectivity index (χ3v) is 4.91. The Morgan fingerprint density at radius 1 is 1.20 bits per heavy atom. The highest BCUT2D eigenvalue weighted by atomic mass is 16.2. The molecule has 0 aliphatic heterocycles. The van der Waals surface area contributed by atoms with E-state index in [1.165, 1.54) is 25.7 Å². The Morgan fingerprint density at radius 3 is 2.40 bits per heavy atom. The minimum atomic E-state index is -0.448. The van der Waals surface area contributed by atoms with E-state index in [4.69, 9.17) is 0 Å². The van der Waals surface area contributed by atoms with Crippen LogP contribution in [0.1, 0.15) is 53.4 Å². The lowest BCUT2D eigenvalue weighted by Gasteiger charge is -2.28. The van der Waals surface area contributed by atoms with E-state index in [2.05, 4.69) is 17.6 Å². The Labute approximate surface area is 122 Å². The van der Waals surface area contributed by atoms with Crippen molar-refractivity contribution in [1.82, 2.24) is 10.6 Å². The molecule has 0 aromatic rings. The molecule has 0 saturated heterocycles. The molecule has 2 N–H and O–H groups in total. The maximum atomic E-state index is 11.9. The first-order valence-electron chi connectivity index (χ1n) is 7.85. The van der Waals surface area contributed by atoms with Crippen molar-refractivity contribution < 1.29 is 9.59 Å². The van der Waals surface area contributed by atoms with Crippen LogP contribution in [-0.2, 0) is 9.59 Å². The first-order chi connectivity index (χ1) is 9.27. The summed E-state index contributed by atoms with van der Waals surface area (Å²) in [5.41, 5.74) is -0.448. The van der Waals surface area contributed by atoms with Crippen molar-refractivity contribution >= 4 is 11.8 Å². The van der Waals surface area contributed by atoms with Crippen LogP contribution in [0.15, 0.2) is 0 Å². The summed E-state index contributed by atoms with van der Waals surface area (Å²) in [6.07, 6.45) is 5.33. The monoisotopic (exact) mass is 280 g/mol. The minimum absolute atomic E-state index is 0.0714. The summed E-state index contributed by atoms with van der Waals surface area (Å²) in [5, 5.41) is 5.76. The number of nitrogens with one attached hydrogen (secondary N) is 2. The van der Waals surface area contributed by atoms with Crippen LogP contribution >= 0.6 is 0 Å². The molecule has 0 heterocycles. The molecule has 2 aliphatic rings. The summed E-state index contributed by atoms with van der Waals surface area (Å²) >= 11 is 0. The van der Waals surface area contributed by atoms with E-state index in [9.17, 15) is 9.59 Å². The van der Waals surface area contributed by atoms with E-state index in [0.717, 1.165) is 11.8 Å². The molecule has 2 bridgehead atoms. The standard InChI is InChI=1S/C16H28N2O2/c1-10(13-8-11-5-6-12(13)7-11)18-14(19)9-17-15(20)16(2,3)4/h10-13H,5-9H2,1-4H3,(H,17,20)(H,18,19)/t10-,11-,12-,13+/m0/s1. The Bertz CT molecular complexity index is 386. The van der Waals surface area contributed by atoms with Crippen molar-refractivity contribution in [1.29, 1.82) is 0 Å². The molecule has 2 rings (SSSR count). The Morgan fingerprint density at radius 2 is 1.90 bits per heavy atom. The first kappa shape index (κ1) is 15.3. The molecule has 2 fully saturated rings.